The summed E-state index contributed by atoms with van der Waals surface area (Å²) in [5.74, 6) is -3.07. The topological polar surface area (TPSA) is 87.7 Å². The molecule has 2 aromatic heterocycles. The summed E-state index contributed by atoms with van der Waals surface area (Å²) in [4.78, 5) is 34.4. The van der Waals surface area contributed by atoms with Crippen molar-refractivity contribution in [2.24, 2.45) is 0 Å². The zero-order valence-corrected chi connectivity index (χ0v) is 12.1. The van der Waals surface area contributed by atoms with E-state index in [-0.39, 0.29) is 17.1 Å². The molecule has 1 aromatic carbocycles. The van der Waals surface area contributed by atoms with Crippen molar-refractivity contribution in [1.29, 1.82) is 0 Å². The van der Waals surface area contributed by atoms with Crippen LogP contribution in [0.2, 0.25) is 0 Å². The Morgan fingerprint density at radius 3 is 2.54 bits per heavy atom. The van der Waals surface area contributed by atoms with Gasteiger partial charge in [0.15, 0.2) is 5.78 Å². The molecular formula is C16H10F2N4O2. The standard InChI is InChI=1S/C16H10F2N4O2/c17-10-2-1-3-11(18)14(10)15(23)9-6-12(20-7-9)16(24)22-13-4-5-19-8-21-13/h1-8,20H,(H,19,21,22,24). The number of anilines is 1. The Bertz CT molecular complexity index is 889. The minimum absolute atomic E-state index is 0.0353. The average Bonchev–Trinajstić information content (AvgIpc) is 3.05. The Kier molecular flexibility index (Phi) is 4.11. The molecule has 3 aromatic rings. The molecule has 0 saturated heterocycles. The number of carbonyl (C=O) groups excluding carboxylic acids is 2. The molecule has 2 heterocycles. The third-order valence-corrected chi connectivity index (χ3v) is 3.20. The van der Waals surface area contributed by atoms with E-state index in [4.69, 9.17) is 0 Å². The molecule has 0 saturated carbocycles. The Balaban J connectivity index is 1.83. The first kappa shape index (κ1) is 15.5. The minimum atomic E-state index is -0.965. The van der Waals surface area contributed by atoms with Gasteiger partial charge in [0.2, 0.25) is 0 Å². The second kappa shape index (κ2) is 6.37. The number of rotatable bonds is 4. The fourth-order valence-electron chi connectivity index (χ4n) is 2.06. The Morgan fingerprint density at radius 2 is 1.88 bits per heavy atom. The summed E-state index contributed by atoms with van der Waals surface area (Å²) >= 11 is 0. The lowest BCUT2D eigenvalue weighted by molar-refractivity contribution is 0.102. The van der Waals surface area contributed by atoms with Crippen molar-refractivity contribution >= 4 is 17.5 Å². The fraction of sp³-hybridized carbons (Fsp3) is 0. The van der Waals surface area contributed by atoms with Crippen LogP contribution < -0.4 is 5.32 Å². The average molecular weight is 328 g/mol. The summed E-state index contributed by atoms with van der Waals surface area (Å²) in [7, 11) is 0. The van der Waals surface area contributed by atoms with Crippen molar-refractivity contribution < 1.29 is 18.4 Å². The Labute approximate surface area is 134 Å². The van der Waals surface area contributed by atoms with Gasteiger partial charge in [-0.3, -0.25) is 9.59 Å². The van der Waals surface area contributed by atoms with Gasteiger partial charge in [0.05, 0.1) is 5.56 Å². The third-order valence-electron chi connectivity index (χ3n) is 3.20. The van der Waals surface area contributed by atoms with Gasteiger partial charge in [-0.2, -0.15) is 0 Å². The first-order valence-electron chi connectivity index (χ1n) is 6.81. The molecule has 6 nitrogen and oxygen atoms in total. The number of benzene rings is 1. The van der Waals surface area contributed by atoms with Crippen molar-refractivity contribution in [1.82, 2.24) is 15.0 Å². The van der Waals surface area contributed by atoms with E-state index in [1.165, 1.54) is 36.9 Å². The normalized spacial score (nSPS) is 10.4. The first-order chi connectivity index (χ1) is 11.6. The lowest BCUT2D eigenvalue weighted by Gasteiger charge is -2.02. The second-order valence-corrected chi connectivity index (χ2v) is 4.78. The smallest absolute Gasteiger partial charge is 0.273 e. The summed E-state index contributed by atoms with van der Waals surface area (Å²) in [5, 5.41) is 2.49. The molecule has 0 fully saturated rings. The molecule has 24 heavy (non-hydrogen) atoms. The predicted molar refractivity (Wildman–Crippen MR) is 80.6 cm³/mol. The number of hydrogen-bond acceptors (Lipinski definition) is 4. The lowest BCUT2D eigenvalue weighted by Crippen LogP contribution is -2.13. The molecule has 3 rings (SSSR count). The highest BCUT2D eigenvalue weighted by Crippen LogP contribution is 2.18. The molecule has 0 unspecified atom stereocenters. The number of H-pyrrole nitrogens is 1. The maximum Gasteiger partial charge on any atom is 0.273 e. The third kappa shape index (κ3) is 3.02. The number of aromatic nitrogens is 3. The van der Waals surface area contributed by atoms with E-state index in [2.05, 4.69) is 20.3 Å². The number of carbonyl (C=O) groups is 2. The van der Waals surface area contributed by atoms with Crippen LogP contribution >= 0.6 is 0 Å². The quantitative estimate of drug-likeness (QED) is 0.721. The number of hydrogen-bond donors (Lipinski definition) is 2. The predicted octanol–water partition coefficient (Wildman–Crippen LogP) is 2.57. The van der Waals surface area contributed by atoms with Gasteiger partial charge >= 0.3 is 0 Å². The number of halogens is 2. The van der Waals surface area contributed by atoms with Gasteiger partial charge in [0.25, 0.3) is 5.91 Å². The van der Waals surface area contributed by atoms with Gasteiger partial charge < -0.3 is 10.3 Å². The highest BCUT2D eigenvalue weighted by atomic mass is 19.1. The number of nitrogens with one attached hydrogen (secondary N) is 2. The van der Waals surface area contributed by atoms with Gasteiger partial charge in [0.1, 0.15) is 29.5 Å². The number of amides is 1. The van der Waals surface area contributed by atoms with Crippen LogP contribution in [0.1, 0.15) is 26.4 Å². The van der Waals surface area contributed by atoms with E-state index in [9.17, 15) is 18.4 Å². The number of ketones is 1. The van der Waals surface area contributed by atoms with E-state index in [1.54, 1.807) is 0 Å². The Morgan fingerprint density at radius 1 is 1.12 bits per heavy atom. The SMILES string of the molecule is O=C(Nc1ccncn1)c1cc(C(=O)c2c(F)cccc2F)c[nH]1. The van der Waals surface area contributed by atoms with Crippen molar-refractivity contribution in [2.75, 3.05) is 5.32 Å². The molecule has 2 N–H and O–H groups in total. The lowest BCUT2D eigenvalue weighted by atomic mass is 10.0. The minimum Gasteiger partial charge on any atom is -0.356 e. The summed E-state index contributed by atoms with van der Waals surface area (Å²) in [6.07, 6.45) is 3.93. The first-order valence-corrected chi connectivity index (χ1v) is 6.81. The summed E-state index contributed by atoms with van der Waals surface area (Å²) < 4.78 is 27.3. The second-order valence-electron chi connectivity index (χ2n) is 4.78. The monoisotopic (exact) mass is 328 g/mol. The molecule has 120 valence electrons. The van der Waals surface area contributed by atoms with Crippen LogP contribution in [-0.2, 0) is 0 Å². The van der Waals surface area contributed by atoms with Gasteiger partial charge in [0, 0.05) is 18.0 Å². The molecular weight excluding hydrogens is 318 g/mol. The largest absolute Gasteiger partial charge is 0.356 e. The molecule has 1 amide bonds. The molecule has 0 spiro atoms. The molecule has 0 radical (unpaired) electrons. The summed E-state index contributed by atoms with van der Waals surface area (Å²) in [6, 6.07) is 5.85. The molecule has 8 heteroatoms. The van der Waals surface area contributed by atoms with E-state index in [0.29, 0.717) is 0 Å². The van der Waals surface area contributed by atoms with Gasteiger partial charge in [-0.15, -0.1) is 0 Å². The van der Waals surface area contributed by atoms with Gasteiger partial charge in [-0.25, -0.2) is 18.7 Å². The highest BCUT2D eigenvalue weighted by molar-refractivity contribution is 6.11. The van der Waals surface area contributed by atoms with Crippen molar-refractivity contribution in [3.63, 3.8) is 0 Å². The zero-order chi connectivity index (χ0) is 17.1. The van der Waals surface area contributed by atoms with Crippen LogP contribution in [0.15, 0.2) is 49.1 Å². The van der Waals surface area contributed by atoms with E-state index < -0.39 is 28.9 Å². The van der Waals surface area contributed by atoms with Crippen LogP contribution in [0, 0.1) is 11.6 Å². The van der Waals surface area contributed by atoms with Crippen LogP contribution in [0.3, 0.4) is 0 Å². The van der Waals surface area contributed by atoms with Gasteiger partial charge in [-0.1, -0.05) is 6.07 Å². The maximum absolute atomic E-state index is 13.7. The Hall–Kier alpha value is -3.42. The molecule has 0 aliphatic heterocycles. The fourth-order valence-corrected chi connectivity index (χ4v) is 2.06. The molecule has 0 bridgehead atoms. The van der Waals surface area contributed by atoms with E-state index in [1.807, 2.05) is 0 Å². The van der Waals surface area contributed by atoms with Crippen LogP contribution in [0.5, 0.6) is 0 Å². The van der Waals surface area contributed by atoms with Crippen molar-refractivity contribution in [3.05, 3.63) is 77.5 Å². The summed E-state index contributed by atoms with van der Waals surface area (Å²) in [5.41, 5.74) is -0.653. The molecule has 0 aliphatic rings. The van der Waals surface area contributed by atoms with Crippen LogP contribution in [0.25, 0.3) is 0 Å². The number of aromatic amines is 1. The maximum atomic E-state index is 13.7. The van der Waals surface area contributed by atoms with Crippen LogP contribution in [0.4, 0.5) is 14.6 Å². The number of nitrogens with zero attached hydrogens (tertiary/aromatic N) is 2. The van der Waals surface area contributed by atoms with Gasteiger partial charge in [-0.05, 0) is 24.3 Å². The highest BCUT2D eigenvalue weighted by Gasteiger charge is 2.21. The summed E-state index contributed by atoms with van der Waals surface area (Å²) in [6.45, 7) is 0. The van der Waals surface area contributed by atoms with E-state index in [0.717, 1.165) is 12.1 Å². The van der Waals surface area contributed by atoms with Crippen LogP contribution in [-0.4, -0.2) is 26.6 Å². The molecule has 0 atom stereocenters. The zero-order valence-electron chi connectivity index (χ0n) is 12.1. The molecule has 0 aliphatic carbocycles. The van der Waals surface area contributed by atoms with E-state index >= 15 is 0 Å². The van der Waals surface area contributed by atoms with Crippen molar-refractivity contribution in [3.8, 4) is 0 Å². The van der Waals surface area contributed by atoms with Crippen molar-refractivity contribution in [2.45, 2.75) is 0 Å².